The van der Waals surface area contributed by atoms with E-state index in [1.807, 2.05) is 12.1 Å². The van der Waals surface area contributed by atoms with Gasteiger partial charge in [0, 0.05) is 29.5 Å². The van der Waals surface area contributed by atoms with Crippen molar-refractivity contribution >= 4 is 57.9 Å². The smallest absolute Gasteiger partial charge is 0.229 e. The summed E-state index contributed by atoms with van der Waals surface area (Å²) in [6.45, 7) is 1.47. The zero-order valence-corrected chi connectivity index (χ0v) is 15.3. The van der Waals surface area contributed by atoms with Gasteiger partial charge >= 0.3 is 0 Å². The molecule has 3 rings (SSSR count). The number of carbonyl (C=O) groups excluding carboxylic acids is 1. The van der Waals surface area contributed by atoms with Crippen LogP contribution in [0.15, 0.2) is 54.7 Å². The van der Waals surface area contributed by atoms with E-state index in [0.29, 0.717) is 27.5 Å². The Morgan fingerprint density at radius 3 is 2.42 bits per heavy atom. The number of amides is 1. The van der Waals surface area contributed by atoms with E-state index in [2.05, 4.69) is 25.9 Å². The molecule has 2 aromatic carbocycles. The fourth-order valence-corrected chi connectivity index (χ4v) is 2.53. The molecule has 0 bridgehead atoms. The average Bonchev–Trinajstić information content (AvgIpc) is 2.60. The molecule has 0 aliphatic carbocycles. The Bertz CT molecular complexity index is 931. The van der Waals surface area contributed by atoms with Gasteiger partial charge in [0.15, 0.2) is 0 Å². The van der Waals surface area contributed by atoms with Gasteiger partial charge < -0.3 is 16.0 Å². The molecule has 6 nitrogen and oxygen atoms in total. The first kappa shape index (κ1) is 18.0. The maximum Gasteiger partial charge on any atom is 0.229 e. The van der Waals surface area contributed by atoms with E-state index in [0.717, 1.165) is 11.4 Å². The lowest BCUT2D eigenvalue weighted by atomic mass is 10.2. The number of benzene rings is 2. The molecule has 0 radical (unpaired) electrons. The van der Waals surface area contributed by atoms with Crippen LogP contribution in [0.3, 0.4) is 0 Å². The molecule has 1 aromatic heterocycles. The minimum absolute atomic E-state index is 0.114. The van der Waals surface area contributed by atoms with Crippen LogP contribution in [0.25, 0.3) is 0 Å². The summed E-state index contributed by atoms with van der Waals surface area (Å²) in [7, 11) is 0. The summed E-state index contributed by atoms with van der Waals surface area (Å²) in [6, 6.07) is 14.1. The van der Waals surface area contributed by atoms with Crippen LogP contribution in [0.2, 0.25) is 10.0 Å². The molecular weight excluding hydrogens is 373 g/mol. The Balaban J connectivity index is 1.73. The van der Waals surface area contributed by atoms with Gasteiger partial charge in [0.25, 0.3) is 0 Å². The van der Waals surface area contributed by atoms with Gasteiger partial charge in [0.05, 0.1) is 10.7 Å². The highest BCUT2D eigenvalue weighted by Gasteiger charge is 2.05. The lowest BCUT2D eigenvalue weighted by molar-refractivity contribution is -0.114. The number of hydrogen-bond acceptors (Lipinski definition) is 5. The maximum atomic E-state index is 11.1. The molecule has 3 aromatic rings. The largest absolute Gasteiger partial charge is 0.340 e. The molecule has 0 fully saturated rings. The second-order valence-corrected chi connectivity index (χ2v) is 6.24. The predicted molar refractivity (Wildman–Crippen MR) is 106 cm³/mol. The van der Waals surface area contributed by atoms with Crippen LogP contribution in [-0.2, 0) is 4.79 Å². The molecule has 0 aliphatic heterocycles. The summed E-state index contributed by atoms with van der Waals surface area (Å²) in [4.78, 5) is 19.6. The number of halogens is 2. The topological polar surface area (TPSA) is 78.9 Å². The van der Waals surface area contributed by atoms with Crippen molar-refractivity contribution in [1.29, 1.82) is 0 Å². The number of hydrogen-bond donors (Lipinski definition) is 3. The fourth-order valence-electron chi connectivity index (χ4n) is 2.19. The van der Waals surface area contributed by atoms with Crippen molar-refractivity contribution in [2.45, 2.75) is 6.92 Å². The van der Waals surface area contributed by atoms with Gasteiger partial charge in [-0.1, -0.05) is 23.2 Å². The number of anilines is 5. The van der Waals surface area contributed by atoms with Crippen LogP contribution in [0.1, 0.15) is 6.92 Å². The second-order valence-electron chi connectivity index (χ2n) is 5.40. The van der Waals surface area contributed by atoms with Crippen LogP contribution in [0.4, 0.5) is 28.8 Å². The molecule has 132 valence electrons. The summed E-state index contributed by atoms with van der Waals surface area (Å²) < 4.78 is 0. The highest BCUT2D eigenvalue weighted by Crippen LogP contribution is 2.27. The molecular formula is C18H15Cl2N5O. The van der Waals surface area contributed by atoms with Crippen molar-refractivity contribution in [2.75, 3.05) is 16.0 Å². The second kappa shape index (κ2) is 8.03. The van der Waals surface area contributed by atoms with Crippen molar-refractivity contribution in [2.24, 2.45) is 0 Å². The minimum Gasteiger partial charge on any atom is -0.340 e. The van der Waals surface area contributed by atoms with Crippen LogP contribution in [0, 0.1) is 0 Å². The minimum atomic E-state index is -0.114. The normalized spacial score (nSPS) is 10.3. The van der Waals surface area contributed by atoms with Gasteiger partial charge in [-0.2, -0.15) is 4.98 Å². The monoisotopic (exact) mass is 387 g/mol. The van der Waals surface area contributed by atoms with E-state index in [9.17, 15) is 4.79 Å². The highest BCUT2D eigenvalue weighted by atomic mass is 35.5. The third-order valence-corrected chi connectivity index (χ3v) is 3.87. The van der Waals surface area contributed by atoms with Gasteiger partial charge in [-0.15, -0.1) is 0 Å². The van der Waals surface area contributed by atoms with Crippen molar-refractivity contribution in [3.63, 3.8) is 0 Å². The Labute approximate surface area is 160 Å². The molecule has 3 N–H and O–H groups in total. The molecule has 0 atom stereocenters. The molecule has 1 amide bonds. The summed E-state index contributed by atoms with van der Waals surface area (Å²) in [5, 5.41) is 10.0. The van der Waals surface area contributed by atoms with Crippen molar-refractivity contribution < 1.29 is 4.79 Å². The summed E-state index contributed by atoms with van der Waals surface area (Å²) >= 11 is 12.1. The van der Waals surface area contributed by atoms with Crippen LogP contribution >= 0.6 is 23.2 Å². The predicted octanol–water partition coefficient (Wildman–Crippen LogP) is 5.23. The zero-order chi connectivity index (χ0) is 18.5. The first-order valence-corrected chi connectivity index (χ1v) is 8.45. The SMILES string of the molecule is CC(=O)Nc1ccc(Nc2ccnc(Nc3cc(Cl)ccc3Cl)n2)cc1. The highest BCUT2D eigenvalue weighted by molar-refractivity contribution is 6.35. The van der Waals surface area contributed by atoms with Crippen LogP contribution < -0.4 is 16.0 Å². The first-order valence-electron chi connectivity index (χ1n) is 7.69. The Hall–Kier alpha value is -2.83. The molecule has 0 saturated carbocycles. The first-order chi connectivity index (χ1) is 12.5. The lowest BCUT2D eigenvalue weighted by Crippen LogP contribution is -2.05. The number of nitrogens with zero attached hydrogens (tertiary/aromatic N) is 2. The molecule has 0 unspecified atom stereocenters. The van der Waals surface area contributed by atoms with Gasteiger partial charge in [0.2, 0.25) is 11.9 Å². The zero-order valence-electron chi connectivity index (χ0n) is 13.8. The summed E-state index contributed by atoms with van der Waals surface area (Å²) in [5.41, 5.74) is 2.17. The molecule has 1 heterocycles. The summed E-state index contributed by atoms with van der Waals surface area (Å²) in [6.07, 6.45) is 1.63. The van der Waals surface area contributed by atoms with Crippen molar-refractivity contribution in [3.05, 3.63) is 64.8 Å². The van der Waals surface area contributed by atoms with E-state index in [1.54, 1.807) is 42.6 Å². The third kappa shape index (κ3) is 4.84. The molecule has 8 heteroatoms. The van der Waals surface area contributed by atoms with Gasteiger partial charge in [-0.05, 0) is 48.5 Å². The van der Waals surface area contributed by atoms with E-state index in [4.69, 9.17) is 23.2 Å². The molecule has 0 spiro atoms. The number of nitrogens with one attached hydrogen (secondary N) is 3. The maximum absolute atomic E-state index is 11.1. The fraction of sp³-hybridized carbons (Fsp3) is 0.0556. The van der Waals surface area contributed by atoms with Gasteiger partial charge in [-0.3, -0.25) is 4.79 Å². The Kier molecular flexibility index (Phi) is 5.55. The van der Waals surface area contributed by atoms with Crippen LogP contribution in [0.5, 0.6) is 0 Å². The number of rotatable bonds is 5. The Morgan fingerprint density at radius 2 is 1.69 bits per heavy atom. The summed E-state index contributed by atoms with van der Waals surface area (Å²) in [5.74, 6) is 0.874. The molecule has 0 saturated heterocycles. The standard InChI is InChI=1S/C18H15Cl2N5O/c1-11(26)22-13-3-5-14(6-4-13)23-17-8-9-21-18(25-17)24-16-10-12(19)2-7-15(16)20/h2-10H,1H3,(H,22,26)(H2,21,23,24,25). The van der Waals surface area contributed by atoms with E-state index in [1.165, 1.54) is 6.92 Å². The van der Waals surface area contributed by atoms with E-state index >= 15 is 0 Å². The molecule has 0 aliphatic rings. The average molecular weight is 388 g/mol. The van der Waals surface area contributed by atoms with Gasteiger partial charge in [-0.25, -0.2) is 4.98 Å². The lowest BCUT2D eigenvalue weighted by Gasteiger charge is -2.10. The number of carbonyl (C=O) groups is 1. The Morgan fingerprint density at radius 1 is 0.962 bits per heavy atom. The third-order valence-electron chi connectivity index (χ3n) is 3.31. The molecule has 26 heavy (non-hydrogen) atoms. The van der Waals surface area contributed by atoms with Crippen molar-refractivity contribution in [3.8, 4) is 0 Å². The quantitative estimate of drug-likeness (QED) is 0.558. The van der Waals surface area contributed by atoms with Crippen molar-refractivity contribution in [1.82, 2.24) is 9.97 Å². The number of aromatic nitrogens is 2. The van der Waals surface area contributed by atoms with Crippen LogP contribution in [-0.4, -0.2) is 15.9 Å². The van der Waals surface area contributed by atoms with Gasteiger partial charge in [0.1, 0.15) is 5.82 Å². The van der Waals surface area contributed by atoms with E-state index < -0.39 is 0 Å². The van der Waals surface area contributed by atoms with E-state index in [-0.39, 0.29) is 5.91 Å².